The molecule has 160 valence electrons. The molecule has 30 heavy (non-hydrogen) atoms. The van der Waals surface area contributed by atoms with Crippen molar-refractivity contribution >= 4 is 11.8 Å². The molecule has 0 aliphatic carbocycles. The van der Waals surface area contributed by atoms with E-state index in [9.17, 15) is 9.59 Å². The van der Waals surface area contributed by atoms with Crippen molar-refractivity contribution in [3.8, 4) is 17.2 Å². The van der Waals surface area contributed by atoms with Crippen LogP contribution in [0.1, 0.15) is 37.8 Å². The first kappa shape index (κ1) is 21.5. The molecule has 2 aromatic carbocycles. The zero-order valence-corrected chi connectivity index (χ0v) is 17.6. The summed E-state index contributed by atoms with van der Waals surface area (Å²) in [6.07, 6.45) is 1.12. The Balaban J connectivity index is 1.65. The molecular weight excluding hydrogens is 384 g/mol. The molecule has 0 radical (unpaired) electrons. The first-order valence-electron chi connectivity index (χ1n) is 10.1. The third kappa shape index (κ3) is 5.23. The van der Waals surface area contributed by atoms with Gasteiger partial charge in [-0.15, -0.1) is 0 Å². The third-order valence-corrected chi connectivity index (χ3v) is 5.05. The van der Waals surface area contributed by atoms with Gasteiger partial charge in [-0.25, -0.2) is 0 Å². The average molecular weight is 412 g/mol. The Morgan fingerprint density at radius 3 is 2.50 bits per heavy atom. The quantitative estimate of drug-likeness (QED) is 0.684. The molecule has 2 amide bonds. The van der Waals surface area contributed by atoms with Crippen LogP contribution in [0.15, 0.2) is 42.5 Å². The van der Waals surface area contributed by atoms with Gasteiger partial charge >= 0.3 is 0 Å². The van der Waals surface area contributed by atoms with Gasteiger partial charge in [-0.1, -0.05) is 25.1 Å². The Labute approximate surface area is 176 Å². The average Bonchev–Trinajstić information content (AvgIpc) is 3.23. The summed E-state index contributed by atoms with van der Waals surface area (Å²) in [6, 6.07) is 12.5. The number of carbonyl (C=O) groups is 2. The summed E-state index contributed by atoms with van der Waals surface area (Å²) in [5.41, 5.74) is 1.84. The fraction of sp³-hybridized carbons (Fsp3) is 0.391. The lowest BCUT2D eigenvalue weighted by Gasteiger charge is -2.29. The molecule has 0 bridgehead atoms. The lowest BCUT2D eigenvalue weighted by molar-refractivity contribution is -0.140. The second-order valence-corrected chi connectivity index (χ2v) is 7.20. The first-order valence-corrected chi connectivity index (χ1v) is 10.1. The molecule has 0 fully saturated rings. The largest absolute Gasteiger partial charge is 0.497 e. The van der Waals surface area contributed by atoms with Crippen LogP contribution in [0, 0.1) is 0 Å². The molecule has 1 heterocycles. The van der Waals surface area contributed by atoms with Crippen LogP contribution in [0.2, 0.25) is 0 Å². The van der Waals surface area contributed by atoms with E-state index >= 15 is 0 Å². The summed E-state index contributed by atoms with van der Waals surface area (Å²) in [5, 5.41) is 2.92. The summed E-state index contributed by atoms with van der Waals surface area (Å²) >= 11 is 0. The smallest absolute Gasteiger partial charge is 0.242 e. The van der Waals surface area contributed by atoms with Gasteiger partial charge in [0.1, 0.15) is 11.8 Å². The maximum Gasteiger partial charge on any atom is 0.242 e. The molecule has 7 nitrogen and oxygen atoms in total. The molecule has 0 saturated carbocycles. The van der Waals surface area contributed by atoms with E-state index in [1.807, 2.05) is 49.4 Å². The zero-order valence-electron chi connectivity index (χ0n) is 17.6. The molecular formula is C23H28N2O5. The minimum atomic E-state index is -0.597. The van der Waals surface area contributed by atoms with E-state index < -0.39 is 6.04 Å². The Bertz CT molecular complexity index is 882. The first-order chi connectivity index (χ1) is 14.5. The van der Waals surface area contributed by atoms with Crippen LogP contribution in [0.4, 0.5) is 0 Å². The number of hydrogen-bond donors (Lipinski definition) is 1. The number of carbonyl (C=O) groups excluding carboxylic acids is 2. The van der Waals surface area contributed by atoms with Crippen molar-refractivity contribution < 1.29 is 23.8 Å². The van der Waals surface area contributed by atoms with Crippen LogP contribution in [0.25, 0.3) is 0 Å². The lowest BCUT2D eigenvalue weighted by atomic mass is 10.1. The fourth-order valence-electron chi connectivity index (χ4n) is 3.26. The molecule has 1 N–H and O–H groups in total. The Morgan fingerprint density at radius 2 is 1.80 bits per heavy atom. The highest BCUT2D eigenvalue weighted by molar-refractivity contribution is 5.87. The van der Waals surface area contributed by atoms with E-state index in [2.05, 4.69) is 5.32 Å². The van der Waals surface area contributed by atoms with Crippen molar-refractivity contribution in [2.24, 2.45) is 0 Å². The number of rotatable bonds is 9. The van der Waals surface area contributed by atoms with Gasteiger partial charge in [0.05, 0.1) is 7.11 Å². The highest BCUT2D eigenvalue weighted by Gasteiger charge is 2.25. The van der Waals surface area contributed by atoms with Gasteiger partial charge in [-0.3, -0.25) is 9.59 Å². The van der Waals surface area contributed by atoms with E-state index in [1.54, 1.807) is 18.9 Å². The third-order valence-electron chi connectivity index (χ3n) is 5.05. The summed E-state index contributed by atoms with van der Waals surface area (Å²) in [4.78, 5) is 27.1. The van der Waals surface area contributed by atoms with Crippen LogP contribution >= 0.6 is 0 Å². The van der Waals surface area contributed by atoms with Crippen LogP contribution in [0.5, 0.6) is 17.2 Å². The summed E-state index contributed by atoms with van der Waals surface area (Å²) in [7, 11) is 1.61. The molecule has 2 aromatic rings. The van der Waals surface area contributed by atoms with Gasteiger partial charge in [0.15, 0.2) is 11.5 Å². The number of nitrogens with one attached hydrogen (secondary N) is 1. The number of fused-ring (bicyclic) bond motifs is 1. The Kier molecular flexibility index (Phi) is 7.17. The number of amides is 2. The maximum absolute atomic E-state index is 12.8. The van der Waals surface area contributed by atoms with Crippen molar-refractivity contribution in [3.63, 3.8) is 0 Å². The van der Waals surface area contributed by atoms with Crippen LogP contribution in [-0.4, -0.2) is 36.7 Å². The van der Waals surface area contributed by atoms with E-state index in [4.69, 9.17) is 14.2 Å². The van der Waals surface area contributed by atoms with Crippen LogP contribution in [0.3, 0.4) is 0 Å². The van der Waals surface area contributed by atoms with Gasteiger partial charge in [-0.05, 0) is 48.7 Å². The van der Waals surface area contributed by atoms with Gasteiger partial charge < -0.3 is 24.4 Å². The van der Waals surface area contributed by atoms with Gasteiger partial charge in [0.2, 0.25) is 18.6 Å². The molecule has 0 unspecified atom stereocenters. The van der Waals surface area contributed by atoms with Crippen molar-refractivity contribution in [2.45, 2.75) is 45.8 Å². The number of nitrogens with zero attached hydrogens (tertiary/aromatic N) is 1. The van der Waals surface area contributed by atoms with E-state index in [-0.39, 0.29) is 18.6 Å². The van der Waals surface area contributed by atoms with E-state index in [1.165, 1.54) is 0 Å². The van der Waals surface area contributed by atoms with Gasteiger partial charge in [-0.2, -0.15) is 0 Å². The van der Waals surface area contributed by atoms with Crippen LogP contribution < -0.4 is 19.5 Å². The monoisotopic (exact) mass is 412 g/mol. The molecule has 1 atom stereocenters. The lowest BCUT2D eigenvalue weighted by Crippen LogP contribution is -2.47. The number of benzene rings is 2. The predicted octanol–water partition coefficient (Wildman–Crippen LogP) is 3.26. The topological polar surface area (TPSA) is 77.1 Å². The maximum atomic E-state index is 12.8. The molecule has 1 aliphatic heterocycles. The highest BCUT2D eigenvalue weighted by Crippen LogP contribution is 2.32. The fourth-order valence-corrected chi connectivity index (χ4v) is 3.26. The standard InChI is InChI=1S/C23H28N2O5/c1-4-5-22(26)25(14-17-6-9-19(28-3)10-7-17)16(2)23(27)24-13-18-8-11-20-21(12-18)30-15-29-20/h6-12,16H,4-5,13-15H2,1-3H3,(H,24,27)/t16-/m1/s1. The minimum absolute atomic E-state index is 0.0425. The van der Waals surface area contributed by atoms with E-state index in [0.29, 0.717) is 31.0 Å². The molecule has 0 spiro atoms. The number of methoxy groups -OCH3 is 1. The summed E-state index contributed by atoms with van der Waals surface area (Å²) in [5.74, 6) is 1.88. The molecule has 0 aromatic heterocycles. The van der Waals surface area contributed by atoms with Gasteiger partial charge in [0.25, 0.3) is 0 Å². The zero-order chi connectivity index (χ0) is 21.5. The van der Waals surface area contributed by atoms with Crippen molar-refractivity contribution in [1.82, 2.24) is 10.2 Å². The highest BCUT2D eigenvalue weighted by atomic mass is 16.7. The summed E-state index contributed by atoms with van der Waals surface area (Å²) < 4.78 is 15.9. The van der Waals surface area contributed by atoms with Gasteiger partial charge in [0, 0.05) is 19.5 Å². The molecule has 3 rings (SSSR count). The minimum Gasteiger partial charge on any atom is -0.497 e. The molecule has 0 saturated heterocycles. The Morgan fingerprint density at radius 1 is 1.10 bits per heavy atom. The predicted molar refractivity (Wildman–Crippen MR) is 112 cm³/mol. The second-order valence-electron chi connectivity index (χ2n) is 7.20. The SMILES string of the molecule is CCCC(=O)N(Cc1ccc(OC)cc1)[C@H](C)C(=O)NCc1ccc2c(c1)OCO2. The van der Waals surface area contributed by atoms with Crippen molar-refractivity contribution in [1.29, 1.82) is 0 Å². The number of hydrogen-bond acceptors (Lipinski definition) is 5. The second kappa shape index (κ2) is 10.0. The van der Waals surface area contributed by atoms with Crippen molar-refractivity contribution in [2.75, 3.05) is 13.9 Å². The Hall–Kier alpha value is -3.22. The normalized spacial score (nSPS) is 12.9. The van der Waals surface area contributed by atoms with Crippen LogP contribution in [-0.2, 0) is 22.7 Å². The van der Waals surface area contributed by atoms with E-state index in [0.717, 1.165) is 23.3 Å². The molecule has 7 heteroatoms. The molecule has 1 aliphatic rings. The summed E-state index contributed by atoms with van der Waals surface area (Å²) in [6.45, 7) is 4.63. The number of ether oxygens (including phenoxy) is 3. The van der Waals surface area contributed by atoms with Crippen molar-refractivity contribution in [3.05, 3.63) is 53.6 Å².